The van der Waals surface area contributed by atoms with Crippen molar-refractivity contribution in [2.24, 2.45) is 0 Å². The first kappa shape index (κ1) is 4.60. The first-order valence-corrected chi connectivity index (χ1v) is 2.56. The Kier molecular flexibility index (Phi) is 1.27. The Morgan fingerprint density at radius 1 is 1.71 bits per heavy atom. The number of hydrogen-bond acceptors (Lipinski definition) is 0. The minimum Gasteiger partial charge on any atom is -0.317 e. The number of hydrogen-bond donors (Lipinski definition) is 1. The fourth-order valence-corrected chi connectivity index (χ4v) is 0.642. The van der Waals surface area contributed by atoms with Gasteiger partial charge >= 0.3 is 0 Å². The van der Waals surface area contributed by atoms with Crippen LogP contribution < -0.4 is 5.32 Å². The molecule has 0 fully saturated rings. The zero-order valence-electron chi connectivity index (χ0n) is 4.52. The first-order chi connectivity index (χ1) is 3.39. The third-order valence-corrected chi connectivity index (χ3v) is 1.03. The van der Waals surface area contributed by atoms with Gasteiger partial charge in [0.1, 0.15) is 0 Å². The third kappa shape index (κ3) is 1.16. The molecule has 0 saturated carbocycles. The Labute approximate surface area is 43.7 Å². The molecule has 0 aromatic heterocycles. The molecule has 1 nitrogen and oxygen atoms in total. The van der Waals surface area contributed by atoms with Gasteiger partial charge in [-0.05, 0) is 13.0 Å². The first-order valence-electron chi connectivity index (χ1n) is 2.56. The zero-order chi connectivity index (χ0) is 5.11. The quantitative estimate of drug-likeness (QED) is 0.438. The largest absolute Gasteiger partial charge is 0.317 e. The average Bonchev–Trinajstić information content (AvgIpc) is 1.69. The lowest BCUT2D eigenvalue weighted by molar-refractivity contribution is -0.579. The predicted molar refractivity (Wildman–Crippen MR) is 29.7 cm³/mol. The fraction of sp³-hybridized carbons (Fsp3) is 0.333. The van der Waals surface area contributed by atoms with Crippen molar-refractivity contribution in [3.8, 4) is 0 Å². The molecule has 1 rings (SSSR count). The minimum atomic E-state index is 1.11. The summed E-state index contributed by atoms with van der Waals surface area (Å²) in [5.41, 5.74) is 1.35. The van der Waals surface area contributed by atoms with Crippen molar-refractivity contribution < 1.29 is 5.32 Å². The van der Waals surface area contributed by atoms with Crippen molar-refractivity contribution in [1.82, 2.24) is 0 Å². The molecule has 0 aromatic carbocycles. The summed E-state index contributed by atoms with van der Waals surface area (Å²) in [6.07, 6.45) is 6.44. The van der Waals surface area contributed by atoms with Gasteiger partial charge in [-0.15, -0.1) is 0 Å². The lowest BCUT2D eigenvalue weighted by Crippen LogP contribution is -2.78. The van der Waals surface area contributed by atoms with Gasteiger partial charge in [0.05, 0.1) is 12.7 Å². The van der Waals surface area contributed by atoms with Crippen LogP contribution in [0.5, 0.6) is 0 Å². The van der Waals surface area contributed by atoms with Gasteiger partial charge in [-0.2, -0.15) is 0 Å². The molecule has 1 aliphatic heterocycles. The summed E-state index contributed by atoms with van der Waals surface area (Å²) in [6, 6.07) is 0. The third-order valence-electron chi connectivity index (χ3n) is 1.03. The van der Waals surface area contributed by atoms with Gasteiger partial charge < -0.3 is 5.32 Å². The number of rotatable bonds is 0. The summed E-state index contributed by atoms with van der Waals surface area (Å²) in [7, 11) is 0. The van der Waals surface area contributed by atoms with Crippen molar-refractivity contribution in [2.45, 2.75) is 6.92 Å². The second-order valence-corrected chi connectivity index (χ2v) is 1.78. The SMILES string of the molecule is CC1=C[NH2+]CC=C1. The minimum absolute atomic E-state index is 1.11. The molecule has 38 valence electrons. The van der Waals surface area contributed by atoms with E-state index in [0.717, 1.165) is 6.54 Å². The van der Waals surface area contributed by atoms with Gasteiger partial charge in [0, 0.05) is 5.57 Å². The fourth-order valence-electron chi connectivity index (χ4n) is 0.642. The van der Waals surface area contributed by atoms with Gasteiger partial charge in [0.2, 0.25) is 0 Å². The normalized spacial score (nSPS) is 19.3. The molecule has 0 saturated heterocycles. The molecule has 7 heavy (non-hydrogen) atoms. The molecule has 1 heterocycles. The van der Waals surface area contributed by atoms with Crippen LogP contribution in [0.15, 0.2) is 23.9 Å². The van der Waals surface area contributed by atoms with Crippen molar-refractivity contribution in [2.75, 3.05) is 6.54 Å². The molecular formula is C6H10N+. The van der Waals surface area contributed by atoms with E-state index in [1.807, 2.05) is 0 Å². The Morgan fingerprint density at radius 3 is 2.86 bits per heavy atom. The summed E-state index contributed by atoms with van der Waals surface area (Å²) in [6.45, 7) is 3.21. The van der Waals surface area contributed by atoms with Crippen LogP contribution in [0.1, 0.15) is 6.92 Å². The second-order valence-electron chi connectivity index (χ2n) is 1.78. The molecule has 2 N–H and O–H groups in total. The number of quaternary nitrogens is 1. The van der Waals surface area contributed by atoms with Crippen molar-refractivity contribution >= 4 is 0 Å². The highest BCUT2D eigenvalue weighted by Crippen LogP contribution is 1.90. The smallest absolute Gasteiger partial charge is 0.0987 e. The Bertz CT molecular complexity index is 111. The molecule has 0 atom stereocenters. The van der Waals surface area contributed by atoms with Gasteiger partial charge in [0.25, 0.3) is 0 Å². The second kappa shape index (κ2) is 1.94. The Balaban J connectivity index is 2.58. The summed E-state index contributed by atoms with van der Waals surface area (Å²) < 4.78 is 0. The van der Waals surface area contributed by atoms with Crippen LogP contribution in [0.2, 0.25) is 0 Å². The molecular weight excluding hydrogens is 86.1 g/mol. The maximum absolute atomic E-state index is 2.16. The molecule has 0 unspecified atom stereocenters. The molecule has 0 aliphatic carbocycles. The van der Waals surface area contributed by atoms with Gasteiger partial charge in [-0.25, -0.2) is 0 Å². The van der Waals surface area contributed by atoms with Crippen LogP contribution in [0.4, 0.5) is 0 Å². The summed E-state index contributed by atoms with van der Waals surface area (Å²) in [5.74, 6) is 0. The van der Waals surface area contributed by atoms with E-state index in [-0.39, 0.29) is 0 Å². The van der Waals surface area contributed by atoms with E-state index >= 15 is 0 Å². The lowest BCUT2D eigenvalue weighted by Gasteiger charge is -1.95. The monoisotopic (exact) mass is 96.1 g/mol. The maximum atomic E-state index is 2.16. The van der Waals surface area contributed by atoms with E-state index in [0.29, 0.717) is 0 Å². The molecule has 0 amide bonds. The lowest BCUT2D eigenvalue weighted by atomic mass is 10.2. The van der Waals surface area contributed by atoms with Crippen LogP contribution in [0, 0.1) is 0 Å². The topological polar surface area (TPSA) is 16.6 Å². The van der Waals surface area contributed by atoms with Gasteiger partial charge in [0.15, 0.2) is 0 Å². The number of nitrogens with two attached hydrogens (primary N) is 1. The standard InChI is InChI=1S/C6H9N/c1-6-3-2-4-7-5-6/h2-3,5,7H,4H2,1H3/p+1. The molecule has 1 aliphatic rings. The van der Waals surface area contributed by atoms with E-state index in [9.17, 15) is 0 Å². The van der Waals surface area contributed by atoms with Crippen molar-refractivity contribution in [3.05, 3.63) is 23.9 Å². The molecule has 0 bridgehead atoms. The van der Waals surface area contributed by atoms with E-state index in [1.54, 1.807) is 0 Å². The molecule has 0 radical (unpaired) electrons. The zero-order valence-corrected chi connectivity index (χ0v) is 4.52. The van der Waals surface area contributed by atoms with Gasteiger partial charge in [-0.3, -0.25) is 0 Å². The van der Waals surface area contributed by atoms with E-state index in [1.165, 1.54) is 5.57 Å². The highest BCUT2D eigenvalue weighted by molar-refractivity contribution is 5.14. The molecule has 1 heteroatoms. The summed E-state index contributed by atoms with van der Waals surface area (Å²) in [5, 5.41) is 2.16. The Morgan fingerprint density at radius 2 is 2.57 bits per heavy atom. The number of allylic oxidation sites excluding steroid dienone is 2. The van der Waals surface area contributed by atoms with Crippen molar-refractivity contribution in [3.63, 3.8) is 0 Å². The summed E-state index contributed by atoms with van der Waals surface area (Å²) >= 11 is 0. The molecule has 0 aromatic rings. The van der Waals surface area contributed by atoms with Crippen LogP contribution in [-0.2, 0) is 0 Å². The van der Waals surface area contributed by atoms with E-state index < -0.39 is 0 Å². The highest BCUT2D eigenvalue weighted by Gasteiger charge is 1.88. The van der Waals surface area contributed by atoms with E-state index in [4.69, 9.17) is 0 Å². The average molecular weight is 96.2 g/mol. The predicted octanol–water partition coefficient (Wildman–Crippen LogP) is 0.0234. The van der Waals surface area contributed by atoms with Crippen LogP contribution in [-0.4, -0.2) is 6.54 Å². The van der Waals surface area contributed by atoms with Crippen molar-refractivity contribution in [1.29, 1.82) is 0 Å². The summed E-state index contributed by atoms with van der Waals surface area (Å²) in [4.78, 5) is 0. The van der Waals surface area contributed by atoms with Crippen LogP contribution >= 0.6 is 0 Å². The Hall–Kier alpha value is -0.560. The van der Waals surface area contributed by atoms with E-state index in [2.05, 4.69) is 30.6 Å². The van der Waals surface area contributed by atoms with Crippen LogP contribution in [0.3, 0.4) is 0 Å². The van der Waals surface area contributed by atoms with Crippen LogP contribution in [0.25, 0.3) is 0 Å². The highest BCUT2D eigenvalue weighted by atomic mass is 14.8. The van der Waals surface area contributed by atoms with Gasteiger partial charge in [-0.1, -0.05) is 6.08 Å². The molecule has 0 spiro atoms. The maximum Gasteiger partial charge on any atom is 0.0987 e.